The monoisotopic (exact) mass is 354 g/mol. The largest absolute Gasteiger partial charge is 0.449 e. The van der Waals surface area contributed by atoms with Gasteiger partial charge in [0.15, 0.2) is 6.10 Å². The van der Waals surface area contributed by atoms with E-state index in [9.17, 15) is 19.7 Å². The lowest BCUT2D eigenvalue weighted by atomic mass is 10.1. The summed E-state index contributed by atoms with van der Waals surface area (Å²) in [6, 6.07) is 12.7. The maximum atomic E-state index is 12.8. The van der Waals surface area contributed by atoms with Gasteiger partial charge in [0, 0.05) is 23.9 Å². The van der Waals surface area contributed by atoms with Gasteiger partial charge in [-0.15, -0.1) is 0 Å². The number of amides is 1. The minimum absolute atomic E-state index is 0.0135. The first-order chi connectivity index (χ1) is 12.4. The van der Waals surface area contributed by atoms with Crippen LogP contribution in [0.3, 0.4) is 0 Å². The summed E-state index contributed by atoms with van der Waals surface area (Å²) >= 11 is 0. The summed E-state index contributed by atoms with van der Waals surface area (Å²) in [5.41, 5.74) is 1.96. The number of rotatable bonds is 4. The van der Waals surface area contributed by atoms with Gasteiger partial charge in [0.2, 0.25) is 0 Å². The van der Waals surface area contributed by atoms with E-state index in [1.807, 2.05) is 31.2 Å². The van der Waals surface area contributed by atoms with Crippen molar-refractivity contribution in [2.24, 2.45) is 0 Å². The van der Waals surface area contributed by atoms with Crippen LogP contribution >= 0.6 is 0 Å². The Morgan fingerprint density at radius 1 is 1.19 bits per heavy atom. The second-order valence-corrected chi connectivity index (χ2v) is 6.24. The fourth-order valence-electron chi connectivity index (χ4n) is 3.10. The molecule has 1 heterocycles. The van der Waals surface area contributed by atoms with Gasteiger partial charge in [0.1, 0.15) is 0 Å². The standard InChI is InChI=1S/C19H18N2O5/c1-12-11-15-5-3-4-6-17(15)20(12)18(22)13(2)26-19(23)14-7-9-16(10-8-14)21(24)25/h3-10,12-13H,11H2,1-2H3/t12-,13+/m0/s1. The quantitative estimate of drug-likeness (QED) is 0.478. The van der Waals surface area contributed by atoms with Gasteiger partial charge in [0.05, 0.1) is 10.5 Å². The number of nitrogens with zero attached hydrogens (tertiary/aromatic N) is 2. The number of ether oxygens (including phenoxy) is 1. The number of esters is 1. The fraction of sp³-hybridized carbons (Fsp3) is 0.263. The van der Waals surface area contributed by atoms with Crippen molar-refractivity contribution in [1.29, 1.82) is 0 Å². The first-order valence-corrected chi connectivity index (χ1v) is 8.25. The Morgan fingerprint density at radius 2 is 1.85 bits per heavy atom. The molecule has 0 unspecified atom stereocenters. The summed E-state index contributed by atoms with van der Waals surface area (Å²) in [6.45, 7) is 3.47. The zero-order valence-corrected chi connectivity index (χ0v) is 14.4. The Bertz CT molecular complexity index is 862. The van der Waals surface area contributed by atoms with E-state index in [-0.39, 0.29) is 23.2 Å². The molecule has 0 saturated heterocycles. The average molecular weight is 354 g/mol. The van der Waals surface area contributed by atoms with E-state index in [2.05, 4.69) is 0 Å². The van der Waals surface area contributed by atoms with Crippen LogP contribution in [0.25, 0.3) is 0 Å². The molecule has 7 heteroatoms. The van der Waals surface area contributed by atoms with Crippen LogP contribution in [0, 0.1) is 10.1 Å². The van der Waals surface area contributed by atoms with Gasteiger partial charge < -0.3 is 9.64 Å². The smallest absolute Gasteiger partial charge is 0.338 e. The van der Waals surface area contributed by atoms with Gasteiger partial charge in [-0.1, -0.05) is 18.2 Å². The Hall–Kier alpha value is -3.22. The summed E-state index contributed by atoms with van der Waals surface area (Å²) in [4.78, 5) is 36.8. The van der Waals surface area contributed by atoms with E-state index in [1.165, 1.54) is 31.2 Å². The highest BCUT2D eigenvalue weighted by atomic mass is 16.6. The van der Waals surface area contributed by atoms with Gasteiger partial charge in [-0.05, 0) is 44.0 Å². The molecule has 7 nitrogen and oxygen atoms in total. The second-order valence-electron chi connectivity index (χ2n) is 6.24. The van der Waals surface area contributed by atoms with Gasteiger partial charge in [-0.3, -0.25) is 14.9 Å². The molecule has 2 aromatic carbocycles. The molecule has 0 saturated carbocycles. The van der Waals surface area contributed by atoms with Crippen LogP contribution in [0.5, 0.6) is 0 Å². The normalized spacial score (nSPS) is 16.7. The molecule has 3 rings (SSSR count). The van der Waals surface area contributed by atoms with E-state index >= 15 is 0 Å². The van der Waals surface area contributed by atoms with Gasteiger partial charge >= 0.3 is 5.97 Å². The molecular formula is C19H18N2O5. The predicted octanol–water partition coefficient (Wildman–Crippen LogP) is 3.12. The molecule has 1 aliphatic rings. The molecule has 1 aliphatic heterocycles. The molecule has 134 valence electrons. The van der Waals surface area contributed by atoms with Crippen molar-refractivity contribution >= 4 is 23.3 Å². The highest BCUT2D eigenvalue weighted by Crippen LogP contribution is 2.32. The Kier molecular flexibility index (Phi) is 4.71. The molecule has 0 bridgehead atoms. The minimum Gasteiger partial charge on any atom is -0.449 e. The van der Waals surface area contributed by atoms with Crippen molar-refractivity contribution in [2.45, 2.75) is 32.4 Å². The summed E-state index contributed by atoms with van der Waals surface area (Å²) in [5.74, 6) is -0.987. The number of hydrogen-bond donors (Lipinski definition) is 0. The third kappa shape index (κ3) is 3.28. The predicted molar refractivity (Wildman–Crippen MR) is 95.1 cm³/mol. The molecule has 0 radical (unpaired) electrons. The number of nitro groups is 1. The highest BCUT2D eigenvalue weighted by Gasteiger charge is 2.34. The molecular weight excluding hydrogens is 336 g/mol. The third-order valence-electron chi connectivity index (χ3n) is 4.39. The molecule has 26 heavy (non-hydrogen) atoms. The summed E-state index contributed by atoms with van der Waals surface area (Å²) in [6.07, 6.45) is -0.211. The van der Waals surface area contributed by atoms with Crippen LogP contribution in [0.2, 0.25) is 0 Å². The van der Waals surface area contributed by atoms with Crippen LogP contribution in [-0.4, -0.2) is 28.9 Å². The molecule has 1 amide bonds. The number of non-ortho nitro benzene ring substituents is 1. The molecule has 2 atom stereocenters. The molecule has 0 N–H and O–H groups in total. The van der Waals surface area contributed by atoms with Crippen LogP contribution in [-0.2, 0) is 16.0 Å². The van der Waals surface area contributed by atoms with Crippen molar-refractivity contribution in [2.75, 3.05) is 4.90 Å². The zero-order valence-electron chi connectivity index (χ0n) is 14.4. The molecule has 0 aliphatic carbocycles. The zero-order chi connectivity index (χ0) is 18.8. The van der Waals surface area contributed by atoms with Gasteiger partial charge in [0.25, 0.3) is 11.6 Å². The molecule has 0 fully saturated rings. The van der Waals surface area contributed by atoms with Crippen LogP contribution in [0.1, 0.15) is 29.8 Å². The van der Waals surface area contributed by atoms with Crippen molar-refractivity contribution < 1.29 is 19.2 Å². The first kappa shape index (κ1) is 17.6. The lowest BCUT2D eigenvalue weighted by Crippen LogP contribution is -2.43. The van der Waals surface area contributed by atoms with E-state index in [4.69, 9.17) is 4.74 Å². The van der Waals surface area contributed by atoms with Crippen LogP contribution in [0.4, 0.5) is 11.4 Å². The van der Waals surface area contributed by atoms with Gasteiger partial charge in [-0.2, -0.15) is 0 Å². The maximum absolute atomic E-state index is 12.8. The molecule has 0 spiro atoms. The number of nitro benzene ring substituents is 1. The Balaban J connectivity index is 1.71. The van der Waals surface area contributed by atoms with E-state index in [1.54, 1.807) is 4.90 Å². The number of hydrogen-bond acceptors (Lipinski definition) is 5. The SMILES string of the molecule is C[C@@H](OC(=O)c1ccc([N+](=O)[O-])cc1)C(=O)N1c2ccccc2C[C@@H]1C. The Morgan fingerprint density at radius 3 is 2.50 bits per heavy atom. The van der Waals surface area contributed by atoms with Crippen LogP contribution in [0.15, 0.2) is 48.5 Å². The van der Waals surface area contributed by atoms with Crippen molar-refractivity contribution in [3.63, 3.8) is 0 Å². The fourth-order valence-corrected chi connectivity index (χ4v) is 3.10. The lowest BCUT2D eigenvalue weighted by molar-refractivity contribution is -0.384. The lowest BCUT2D eigenvalue weighted by Gasteiger charge is -2.25. The highest BCUT2D eigenvalue weighted by molar-refractivity contribution is 6.00. The van der Waals surface area contributed by atoms with Crippen molar-refractivity contribution in [3.8, 4) is 0 Å². The van der Waals surface area contributed by atoms with Crippen molar-refractivity contribution in [3.05, 3.63) is 69.8 Å². The van der Waals surface area contributed by atoms with Crippen LogP contribution < -0.4 is 4.90 Å². The summed E-state index contributed by atoms with van der Waals surface area (Å²) in [7, 11) is 0. The number of para-hydroxylation sites is 1. The van der Waals surface area contributed by atoms with Crippen molar-refractivity contribution in [1.82, 2.24) is 0 Å². The summed E-state index contributed by atoms with van der Waals surface area (Å²) in [5, 5.41) is 10.7. The number of carbonyl (C=O) groups is 2. The number of anilines is 1. The number of carbonyl (C=O) groups excluding carboxylic acids is 2. The van der Waals surface area contributed by atoms with Gasteiger partial charge in [-0.25, -0.2) is 4.79 Å². The topological polar surface area (TPSA) is 89.7 Å². The average Bonchev–Trinajstić information content (AvgIpc) is 2.96. The third-order valence-corrected chi connectivity index (χ3v) is 4.39. The molecule has 2 aromatic rings. The number of fused-ring (bicyclic) bond motifs is 1. The molecule has 0 aromatic heterocycles. The van der Waals surface area contributed by atoms with E-state index in [0.717, 1.165) is 17.7 Å². The van der Waals surface area contributed by atoms with E-state index in [0.29, 0.717) is 0 Å². The summed E-state index contributed by atoms with van der Waals surface area (Å²) < 4.78 is 5.27. The van der Waals surface area contributed by atoms with E-state index < -0.39 is 17.0 Å². The maximum Gasteiger partial charge on any atom is 0.338 e. The number of benzene rings is 2. The second kappa shape index (κ2) is 6.95. The Labute approximate surface area is 150 Å². The first-order valence-electron chi connectivity index (χ1n) is 8.25. The minimum atomic E-state index is -0.966.